The van der Waals surface area contributed by atoms with Crippen LogP contribution in [0.2, 0.25) is 0 Å². The number of unbranched alkanes of at least 4 members (excludes halogenated alkanes) is 3. The van der Waals surface area contributed by atoms with Crippen LogP contribution in [0.1, 0.15) is 90.9 Å². The fourth-order valence-corrected chi connectivity index (χ4v) is 5.48. The molecule has 0 saturated heterocycles. The molecule has 0 radical (unpaired) electrons. The van der Waals surface area contributed by atoms with Crippen molar-refractivity contribution in [3.8, 4) is 11.5 Å². The van der Waals surface area contributed by atoms with Crippen LogP contribution in [0.5, 0.6) is 11.5 Å². The first-order valence-corrected chi connectivity index (χ1v) is 17.2. The number of carbonyl (C=O) groups is 4. The Balaban J connectivity index is 1.35. The highest BCUT2D eigenvalue weighted by molar-refractivity contribution is 5.95. The maximum atomic E-state index is 13.4. The van der Waals surface area contributed by atoms with Crippen LogP contribution < -0.4 is 20.4 Å². The van der Waals surface area contributed by atoms with Gasteiger partial charge >= 0.3 is 5.97 Å². The van der Waals surface area contributed by atoms with Gasteiger partial charge < -0.3 is 19.1 Å². The van der Waals surface area contributed by atoms with Gasteiger partial charge in [0.15, 0.2) is 11.5 Å². The van der Waals surface area contributed by atoms with Crippen LogP contribution in [-0.4, -0.2) is 60.3 Å². The fraction of sp³-hybridized carbons (Fsp3) is 0.359. The van der Waals surface area contributed by atoms with Gasteiger partial charge in [-0.25, -0.2) is 10.9 Å². The summed E-state index contributed by atoms with van der Waals surface area (Å²) in [6.07, 6.45) is 9.99. The van der Waals surface area contributed by atoms with E-state index >= 15 is 0 Å². The number of rotatable bonds is 15. The van der Waals surface area contributed by atoms with Crippen molar-refractivity contribution >= 4 is 29.9 Å². The van der Waals surface area contributed by atoms with Gasteiger partial charge in [-0.1, -0.05) is 73.5 Å². The van der Waals surface area contributed by atoms with E-state index in [2.05, 4.69) is 10.5 Å². The number of allylic oxidation sites excluding steroid dienone is 2. The number of amides is 3. The van der Waals surface area contributed by atoms with Crippen molar-refractivity contribution in [2.75, 3.05) is 20.3 Å². The van der Waals surface area contributed by atoms with E-state index < -0.39 is 17.9 Å². The van der Waals surface area contributed by atoms with Gasteiger partial charge in [-0.05, 0) is 66.6 Å². The molecule has 1 aliphatic rings. The molecule has 3 N–H and O–H groups in total. The minimum Gasteiger partial charge on any atom is -0.493 e. The highest BCUT2D eigenvalue weighted by atomic mass is 16.5. The first kappa shape index (κ1) is 38.3. The molecule has 0 spiro atoms. The van der Waals surface area contributed by atoms with Crippen molar-refractivity contribution < 1.29 is 38.6 Å². The molecule has 1 aliphatic heterocycles. The van der Waals surface area contributed by atoms with E-state index in [1.807, 2.05) is 66.7 Å². The average molecular weight is 699 g/mol. The molecule has 51 heavy (non-hydrogen) atoms. The predicted molar refractivity (Wildman–Crippen MR) is 191 cm³/mol. The molecule has 0 aliphatic carbocycles. The first-order valence-electron chi connectivity index (χ1n) is 17.2. The summed E-state index contributed by atoms with van der Waals surface area (Å²) in [5.74, 6) is -0.254. The van der Waals surface area contributed by atoms with Gasteiger partial charge in [0.25, 0.3) is 5.91 Å². The molecule has 1 heterocycles. The van der Waals surface area contributed by atoms with Crippen LogP contribution in [0.25, 0.3) is 0 Å². The quantitative estimate of drug-likeness (QED) is 0.0434. The number of nitrogens with one attached hydrogen (secondary N) is 2. The molecule has 12 nitrogen and oxygen atoms in total. The summed E-state index contributed by atoms with van der Waals surface area (Å²) in [7, 11) is 1.50. The number of carbonyl (C=O) groups excluding carboxylic acids is 4. The molecule has 0 bridgehead atoms. The Morgan fingerprint density at radius 1 is 0.941 bits per heavy atom. The van der Waals surface area contributed by atoms with Crippen molar-refractivity contribution in [1.29, 1.82) is 0 Å². The summed E-state index contributed by atoms with van der Waals surface area (Å²) >= 11 is 0. The number of ether oxygens (including phenoxy) is 3. The summed E-state index contributed by atoms with van der Waals surface area (Å²) in [6.45, 7) is 0.962. The van der Waals surface area contributed by atoms with Gasteiger partial charge in [0, 0.05) is 31.4 Å². The number of methoxy groups -OCH3 is 1. The van der Waals surface area contributed by atoms with Gasteiger partial charge in [0.2, 0.25) is 11.8 Å². The van der Waals surface area contributed by atoms with Gasteiger partial charge in [0.1, 0.15) is 6.10 Å². The molecular formula is C39H46N4O8. The minimum absolute atomic E-state index is 0.0441. The largest absolute Gasteiger partial charge is 0.493 e. The number of hydrogen-bond donors (Lipinski definition) is 3. The van der Waals surface area contributed by atoms with Crippen molar-refractivity contribution in [1.82, 2.24) is 15.8 Å². The maximum absolute atomic E-state index is 13.4. The molecule has 3 aromatic carbocycles. The van der Waals surface area contributed by atoms with Crippen LogP contribution in [0.3, 0.4) is 0 Å². The molecule has 0 aromatic heterocycles. The van der Waals surface area contributed by atoms with E-state index in [0.717, 1.165) is 36.0 Å². The fourth-order valence-electron chi connectivity index (χ4n) is 5.48. The predicted octanol–water partition coefficient (Wildman–Crippen LogP) is 6.04. The van der Waals surface area contributed by atoms with Gasteiger partial charge in [0.05, 0.1) is 26.5 Å². The summed E-state index contributed by atoms with van der Waals surface area (Å²) in [5, 5.41) is 12.7. The first-order chi connectivity index (χ1) is 24.9. The molecule has 3 amide bonds. The summed E-state index contributed by atoms with van der Waals surface area (Å²) in [6, 6.07) is 21.8. The number of cyclic esters (lactones) is 1. The number of hydrazone groups is 1. The topological polar surface area (TPSA) is 156 Å². The zero-order chi connectivity index (χ0) is 36.3. The molecular weight excluding hydrogens is 652 g/mol. The standard InChI is InChI=1S/C39H46N4O8/c1-49-34-25-32(21-22-33(34)50-23-12-5-4-9-18-36(44)42-48)39(47)41-40-26-29-14-13-15-30(24-29)27-43-28-35(31-16-7-6-8-17-31)51-38(46)20-11-3-2-10-19-37(43)45/h2-3,6-8,13-17,21-22,24-26,35,48H,4-5,9-12,18-20,23,27-28H2,1H3,(H,41,47)(H,42,44)/b3-2+,40-26+/t35-/m1/s1. The number of benzene rings is 3. The van der Waals surface area contributed by atoms with E-state index in [1.165, 1.54) is 13.3 Å². The van der Waals surface area contributed by atoms with Gasteiger partial charge in [-0.15, -0.1) is 0 Å². The lowest BCUT2D eigenvalue weighted by atomic mass is 10.1. The van der Waals surface area contributed by atoms with E-state index in [0.29, 0.717) is 55.9 Å². The summed E-state index contributed by atoms with van der Waals surface area (Å²) < 4.78 is 17.1. The minimum atomic E-state index is -0.601. The molecule has 0 unspecified atom stereocenters. The second-order valence-corrected chi connectivity index (χ2v) is 12.1. The van der Waals surface area contributed by atoms with Crippen LogP contribution >= 0.6 is 0 Å². The van der Waals surface area contributed by atoms with Crippen molar-refractivity contribution in [2.45, 2.75) is 70.4 Å². The molecule has 4 rings (SSSR count). The van der Waals surface area contributed by atoms with Crippen molar-refractivity contribution in [3.05, 3.63) is 107 Å². The SMILES string of the molecule is COc1cc(C(=O)N/N=C/c2cccc(CN3C[C@H](c4ccccc4)OC(=O)CC/C=C/CCC3=O)c2)ccc1OCCCCCCC(=O)NO. The van der Waals surface area contributed by atoms with E-state index in [-0.39, 0.29) is 31.3 Å². The van der Waals surface area contributed by atoms with E-state index in [4.69, 9.17) is 19.4 Å². The Morgan fingerprint density at radius 3 is 2.51 bits per heavy atom. The third-order valence-corrected chi connectivity index (χ3v) is 8.20. The average Bonchev–Trinajstić information content (AvgIpc) is 3.15. The molecule has 0 fully saturated rings. The highest BCUT2D eigenvalue weighted by Gasteiger charge is 2.24. The monoisotopic (exact) mass is 698 g/mol. The van der Waals surface area contributed by atoms with Crippen molar-refractivity contribution in [2.24, 2.45) is 5.10 Å². The molecule has 1 atom stereocenters. The zero-order valence-corrected chi connectivity index (χ0v) is 28.9. The zero-order valence-electron chi connectivity index (χ0n) is 28.9. The lowest BCUT2D eigenvalue weighted by Crippen LogP contribution is -2.35. The third kappa shape index (κ3) is 13.0. The lowest BCUT2D eigenvalue weighted by molar-refractivity contribution is -0.152. The van der Waals surface area contributed by atoms with Gasteiger partial charge in [-0.3, -0.25) is 24.4 Å². The molecule has 3 aromatic rings. The molecule has 12 heteroatoms. The third-order valence-electron chi connectivity index (χ3n) is 8.20. The number of hydrogen-bond acceptors (Lipinski definition) is 9. The number of hydroxylamine groups is 1. The normalized spacial score (nSPS) is 16.0. The molecule has 0 saturated carbocycles. The Kier molecular flexibility index (Phi) is 15.7. The Labute approximate surface area is 298 Å². The highest BCUT2D eigenvalue weighted by Crippen LogP contribution is 2.28. The summed E-state index contributed by atoms with van der Waals surface area (Å²) in [5.41, 5.74) is 6.91. The van der Waals surface area contributed by atoms with E-state index in [1.54, 1.807) is 28.6 Å². The van der Waals surface area contributed by atoms with Gasteiger partial charge in [-0.2, -0.15) is 5.10 Å². The smallest absolute Gasteiger partial charge is 0.306 e. The Bertz CT molecular complexity index is 1660. The van der Waals surface area contributed by atoms with Crippen molar-refractivity contribution in [3.63, 3.8) is 0 Å². The number of esters is 1. The maximum Gasteiger partial charge on any atom is 0.306 e. The lowest BCUT2D eigenvalue weighted by Gasteiger charge is -2.28. The Hall–Kier alpha value is -5.49. The van der Waals surface area contributed by atoms with Crippen LogP contribution in [0.4, 0.5) is 0 Å². The van der Waals surface area contributed by atoms with Crippen LogP contribution in [0, 0.1) is 0 Å². The second kappa shape index (κ2) is 20.9. The second-order valence-electron chi connectivity index (χ2n) is 12.1. The summed E-state index contributed by atoms with van der Waals surface area (Å²) in [4.78, 5) is 51.7. The number of nitrogens with zero attached hydrogens (tertiary/aromatic N) is 2. The van der Waals surface area contributed by atoms with Crippen LogP contribution in [-0.2, 0) is 25.7 Å². The van der Waals surface area contributed by atoms with E-state index in [9.17, 15) is 19.2 Å². The molecule has 270 valence electrons. The van der Waals surface area contributed by atoms with Crippen LogP contribution in [0.15, 0.2) is 90.0 Å². The Morgan fingerprint density at radius 2 is 1.73 bits per heavy atom.